The van der Waals surface area contributed by atoms with Crippen molar-refractivity contribution in [1.29, 1.82) is 0 Å². The van der Waals surface area contributed by atoms with E-state index in [1.54, 1.807) is 6.08 Å². The Kier molecular flexibility index (Phi) is 4.50. The highest BCUT2D eigenvalue weighted by Gasteiger charge is 1.83. The zero-order valence-electron chi connectivity index (χ0n) is 2.87. The summed E-state index contributed by atoms with van der Waals surface area (Å²) < 4.78 is -0.130. The van der Waals surface area contributed by atoms with Crippen LogP contribution in [0.3, 0.4) is 0 Å². The van der Waals surface area contributed by atoms with E-state index in [1.807, 2.05) is 0 Å². The van der Waals surface area contributed by atoms with Gasteiger partial charge in [-0.1, -0.05) is 27.5 Å². The highest BCUT2D eigenvalue weighted by Crippen LogP contribution is 2.05. The molecule has 0 nitrogen and oxygen atoms in total. The number of halogens is 3. The predicted octanol–water partition coefficient (Wildman–Crippen LogP) is 2.70. The summed E-state index contributed by atoms with van der Waals surface area (Å²) in [6.45, 7) is 0. The normalized spacial score (nSPS) is 15.8. The van der Waals surface area contributed by atoms with Crippen LogP contribution in [0.2, 0.25) is 0 Å². The van der Waals surface area contributed by atoms with E-state index in [0.717, 1.165) is 0 Å². The van der Waals surface area contributed by atoms with Crippen LogP contribution in [0.4, 0.5) is 0 Å². The first-order valence-electron chi connectivity index (χ1n) is 1.32. The summed E-state index contributed by atoms with van der Waals surface area (Å²) in [5, 5.41) is 0. The zero-order chi connectivity index (χ0) is 4.99. The molecule has 0 aromatic rings. The zero-order valence-corrected chi connectivity index (χ0v) is 5.96. The van der Waals surface area contributed by atoms with Crippen LogP contribution in [0.15, 0.2) is 11.6 Å². The summed E-state index contributed by atoms with van der Waals surface area (Å²) >= 11 is 13.5. The van der Waals surface area contributed by atoms with E-state index >= 15 is 0 Å². The molecule has 0 heterocycles. The monoisotopic (exact) mass is 188 g/mol. The Bertz CT molecular complexity index is 50.8. The van der Waals surface area contributed by atoms with Gasteiger partial charge >= 0.3 is 0 Å². The van der Waals surface area contributed by atoms with Crippen molar-refractivity contribution in [2.24, 2.45) is 0 Å². The molecule has 0 aliphatic rings. The number of rotatable bonds is 1. The first kappa shape index (κ1) is 6.80. The van der Waals surface area contributed by atoms with E-state index in [2.05, 4.69) is 15.9 Å². The third kappa shape index (κ3) is 4.80. The largest absolute Gasteiger partial charge is 0.108 e. The molecule has 0 rings (SSSR count). The van der Waals surface area contributed by atoms with Gasteiger partial charge in [-0.05, 0) is 6.08 Å². The maximum Gasteiger partial charge on any atom is 0.108 e. The van der Waals surface area contributed by atoms with Gasteiger partial charge in [-0.2, -0.15) is 0 Å². The fourth-order valence-corrected chi connectivity index (χ4v) is 0.676. The molecule has 0 radical (unpaired) electrons. The van der Waals surface area contributed by atoms with Crippen LogP contribution >= 0.6 is 39.1 Å². The highest BCUT2D eigenvalue weighted by molar-refractivity contribution is 9.10. The van der Waals surface area contributed by atoms with Gasteiger partial charge in [0, 0.05) is 5.54 Å². The summed E-state index contributed by atoms with van der Waals surface area (Å²) in [4.78, 5) is 0. The SMILES string of the molecule is ClC=CC(Cl)Br. The number of alkyl halides is 2. The molecular weight excluding hydrogens is 187 g/mol. The van der Waals surface area contributed by atoms with E-state index < -0.39 is 0 Å². The lowest BCUT2D eigenvalue weighted by Crippen LogP contribution is -1.69. The van der Waals surface area contributed by atoms with Gasteiger partial charge in [-0.3, -0.25) is 0 Å². The van der Waals surface area contributed by atoms with Crippen molar-refractivity contribution in [2.75, 3.05) is 0 Å². The molecule has 0 saturated carbocycles. The van der Waals surface area contributed by atoms with Crippen molar-refractivity contribution < 1.29 is 0 Å². The molecule has 0 N–H and O–H groups in total. The fraction of sp³-hybridized carbons (Fsp3) is 0.333. The van der Waals surface area contributed by atoms with Crippen LogP contribution in [0.1, 0.15) is 0 Å². The Balaban J connectivity index is 3.03. The summed E-state index contributed by atoms with van der Waals surface area (Å²) in [6, 6.07) is 0. The Morgan fingerprint density at radius 2 is 2.17 bits per heavy atom. The molecule has 1 unspecified atom stereocenters. The van der Waals surface area contributed by atoms with E-state index in [9.17, 15) is 0 Å². The number of hydrogen-bond acceptors (Lipinski definition) is 0. The Labute approximate surface area is 55.3 Å². The summed E-state index contributed by atoms with van der Waals surface area (Å²) in [5.74, 6) is 0. The topological polar surface area (TPSA) is 0 Å². The van der Waals surface area contributed by atoms with Gasteiger partial charge in [0.05, 0.1) is 0 Å². The lowest BCUT2D eigenvalue weighted by molar-refractivity contribution is 1.69. The van der Waals surface area contributed by atoms with Gasteiger partial charge in [0.2, 0.25) is 0 Å². The Morgan fingerprint density at radius 1 is 1.67 bits per heavy atom. The van der Waals surface area contributed by atoms with E-state index in [4.69, 9.17) is 23.2 Å². The molecule has 6 heavy (non-hydrogen) atoms. The minimum absolute atomic E-state index is 0.130. The molecule has 0 amide bonds. The summed E-state index contributed by atoms with van der Waals surface area (Å²) in [5.41, 5.74) is 1.37. The van der Waals surface area contributed by atoms with Gasteiger partial charge < -0.3 is 0 Å². The predicted molar refractivity (Wildman–Crippen MR) is 33.6 cm³/mol. The molecular formula is C3H3BrCl2. The third-order valence-corrected chi connectivity index (χ3v) is 0.814. The fourth-order valence-electron chi connectivity index (χ4n) is 0.0550. The van der Waals surface area contributed by atoms with Crippen LogP contribution in [0.25, 0.3) is 0 Å². The van der Waals surface area contributed by atoms with Gasteiger partial charge in [-0.15, -0.1) is 11.6 Å². The average molecular weight is 190 g/mol. The van der Waals surface area contributed by atoms with Crippen LogP contribution < -0.4 is 0 Å². The molecule has 0 aliphatic heterocycles. The maximum absolute atomic E-state index is 5.32. The van der Waals surface area contributed by atoms with Gasteiger partial charge in [0.25, 0.3) is 0 Å². The van der Waals surface area contributed by atoms with E-state index in [0.29, 0.717) is 0 Å². The van der Waals surface area contributed by atoms with Crippen LogP contribution in [0, 0.1) is 0 Å². The highest BCUT2D eigenvalue weighted by atomic mass is 79.9. The van der Waals surface area contributed by atoms with Crippen molar-refractivity contribution in [2.45, 2.75) is 4.29 Å². The van der Waals surface area contributed by atoms with Crippen LogP contribution in [0.5, 0.6) is 0 Å². The maximum atomic E-state index is 5.32. The van der Waals surface area contributed by atoms with Crippen LogP contribution in [-0.2, 0) is 0 Å². The molecule has 0 bridgehead atoms. The number of allylic oxidation sites excluding steroid dienone is 1. The Hall–Kier alpha value is 0.800. The van der Waals surface area contributed by atoms with Gasteiger partial charge in [-0.25, -0.2) is 0 Å². The number of hydrogen-bond donors (Lipinski definition) is 0. The molecule has 0 aliphatic carbocycles. The summed E-state index contributed by atoms with van der Waals surface area (Å²) in [6.07, 6.45) is 1.61. The molecule has 0 aromatic carbocycles. The Morgan fingerprint density at radius 3 is 2.17 bits per heavy atom. The van der Waals surface area contributed by atoms with Crippen LogP contribution in [-0.4, -0.2) is 4.29 Å². The first-order chi connectivity index (χ1) is 2.77. The second kappa shape index (κ2) is 3.97. The second-order valence-corrected chi connectivity index (χ2v) is 2.89. The van der Waals surface area contributed by atoms with Crippen molar-refractivity contribution in [3.8, 4) is 0 Å². The standard InChI is InChI=1S/C3H3BrCl2/c4-3(6)1-2-5/h1-3H. The molecule has 36 valence electrons. The molecule has 0 aromatic heterocycles. The molecule has 0 fully saturated rings. The second-order valence-electron chi connectivity index (χ2n) is 0.653. The van der Waals surface area contributed by atoms with Gasteiger partial charge in [0.15, 0.2) is 0 Å². The van der Waals surface area contributed by atoms with Crippen molar-refractivity contribution in [3.63, 3.8) is 0 Å². The lowest BCUT2D eigenvalue weighted by atomic mass is 10.8. The molecule has 3 heteroatoms. The minimum Gasteiger partial charge on any atom is -0.106 e. The quantitative estimate of drug-likeness (QED) is 0.557. The van der Waals surface area contributed by atoms with Gasteiger partial charge in [0.1, 0.15) is 4.29 Å². The molecule has 0 spiro atoms. The van der Waals surface area contributed by atoms with E-state index in [-0.39, 0.29) is 4.29 Å². The third-order valence-electron chi connectivity index (χ3n) is 0.218. The average Bonchev–Trinajstić information content (AvgIpc) is 1.35. The minimum atomic E-state index is -0.130. The van der Waals surface area contributed by atoms with Crippen molar-refractivity contribution in [3.05, 3.63) is 11.6 Å². The smallest absolute Gasteiger partial charge is 0.106 e. The van der Waals surface area contributed by atoms with Crippen molar-refractivity contribution >= 4 is 39.1 Å². The van der Waals surface area contributed by atoms with Crippen molar-refractivity contribution in [1.82, 2.24) is 0 Å². The van der Waals surface area contributed by atoms with E-state index in [1.165, 1.54) is 5.54 Å². The molecule has 1 atom stereocenters. The lowest BCUT2D eigenvalue weighted by Gasteiger charge is -1.80. The summed E-state index contributed by atoms with van der Waals surface area (Å²) in [7, 11) is 0. The first-order valence-corrected chi connectivity index (χ1v) is 3.11. The molecule has 0 saturated heterocycles.